The van der Waals surface area contributed by atoms with Crippen LogP contribution in [0.15, 0.2) is 54.7 Å². The van der Waals surface area contributed by atoms with Crippen LogP contribution in [-0.4, -0.2) is 21.7 Å². The van der Waals surface area contributed by atoms with Gasteiger partial charge in [0.2, 0.25) is 5.95 Å². The Bertz CT molecular complexity index is 827. The Hall–Kier alpha value is -2.37. The van der Waals surface area contributed by atoms with E-state index in [9.17, 15) is 0 Å². The number of halogens is 2. The summed E-state index contributed by atoms with van der Waals surface area (Å²) >= 11 is 12.1. The lowest BCUT2D eigenvalue weighted by atomic mass is 10.1. The fourth-order valence-electron chi connectivity index (χ4n) is 2.31. The van der Waals surface area contributed by atoms with E-state index in [4.69, 9.17) is 23.2 Å². The van der Waals surface area contributed by atoms with Gasteiger partial charge in [-0.05, 0) is 36.6 Å². The Kier molecular flexibility index (Phi) is 6.04. The van der Waals surface area contributed by atoms with Gasteiger partial charge in [-0.3, -0.25) is 0 Å². The highest BCUT2D eigenvalue weighted by Crippen LogP contribution is 2.27. The van der Waals surface area contributed by atoms with Crippen molar-refractivity contribution in [3.05, 3.63) is 70.3 Å². The van der Waals surface area contributed by atoms with E-state index in [0.29, 0.717) is 27.5 Å². The van der Waals surface area contributed by atoms with Crippen molar-refractivity contribution in [2.75, 3.05) is 17.2 Å². The molecule has 0 radical (unpaired) electrons. The van der Waals surface area contributed by atoms with E-state index in [-0.39, 0.29) is 0 Å². The molecule has 0 bridgehead atoms. The molecule has 25 heavy (non-hydrogen) atoms. The summed E-state index contributed by atoms with van der Waals surface area (Å²) < 4.78 is 0. The standard InChI is InChI=1S/C18H17Cl2N5/c19-14-8-9-15(20)16(11-14)23-18-24-17(12-22-25-18)21-10-4-7-13-5-2-1-3-6-13/h1-3,5-6,8-9,11-12H,4,7,10H2,(H2,21,23,24,25). The second-order valence-electron chi connectivity index (χ2n) is 5.43. The molecule has 0 fully saturated rings. The van der Waals surface area contributed by atoms with Gasteiger partial charge in [-0.1, -0.05) is 53.5 Å². The fraction of sp³-hybridized carbons (Fsp3) is 0.167. The van der Waals surface area contributed by atoms with Crippen LogP contribution in [0, 0.1) is 0 Å². The van der Waals surface area contributed by atoms with Crippen molar-refractivity contribution in [3.8, 4) is 0 Å². The Labute approximate surface area is 156 Å². The van der Waals surface area contributed by atoms with E-state index in [1.807, 2.05) is 6.07 Å². The lowest BCUT2D eigenvalue weighted by molar-refractivity contribution is 0.853. The summed E-state index contributed by atoms with van der Waals surface area (Å²) in [7, 11) is 0. The number of benzene rings is 2. The molecule has 0 saturated carbocycles. The zero-order valence-electron chi connectivity index (χ0n) is 13.4. The number of hydrogen-bond donors (Lipinski definition) is 2. The quantitative estimate of drug-likeness (QED) is 0.572. The second-order valence-corrected chi connectivity index (χ2v) is 6.27. The van der Waals surface area contributed by atoms with Crippen molar-refractivity contribution in [3.63, 3.8) is 0 Å². The van der Waals surface area contributed by atoms with E-state index < -0.39 is 0 Å². The van der Waals surface area contributed by atoms with E-state index in [1.54, 1.807) is 24.4 Å². The number of nitrogens with one attached hydrogen (secondary N) is 2. The van der Waals surface area contributed by atoms with Crippen LogP contribution in [0.1, 0.15) is 12.0 Å². The average molecular weight is 374 g/mol. The molecule has 0 saturated heterocycles. The molecule has 2 aromatic carbocycles. The van der Waals surface area contributed by atoms with Crippen LogP contribution in [0.5, 0.6) is 0 Å². The van der Waals surface area contributed by atoms with Crippen LogP contribution in [0.25, 0.3) is 0 Å². The molecular weight excluding hydrogens is 357 g/mol. The molecule has 1 heterocycles. The van der Waals surface area contributed by atoms with E-state index in [2.05, 4.69) is 50.1 Å². The zero-order chi connectivity index (χ0) is 17.5. The number of rotatable bonds is 7. The Morgan fingerprint density at radius 2 is 1.84 bits per heavy atom. The SMILES string of the molecule is Clc1ccc(Cl)c(Nc2nncc(NCCCc3ccccc3)n2)c1. The zero-order valence-corrected chi connectivity index (χ0v) is 14.9. The number of nitrogens with zero attached hydrogens (tertiary/aromatic N) is 3. The molecule has 1 aromatic heterocycles. The number of aromatic nitrogens is 3. The van der Waals surface area contributed by atoms with Crippen LogP contribution in [0.2, 0.25) is 10.0 Å². The monoisotopic (exact) mass is 373 g/mol. The number of hydrogen-bond acceptors (Lipinski definition) is 5. The predicted molar refractivity (Wildman–Crippen MR) is 103 cm³/mol. The molecule has 0 aliphatic carbocycles. The molecule has 0 atom stereocenters. The van der Waals surface area contributed by atoms with Crippen molar-refractivity contribution in [2.45, 2.75) is 12.8 Å². The van der Waals surface area contributed by atoms with Crippen LogP contribution < -0.4 is 10.6 Å². The highest BCUT2D eigenvalue weighted by molar-refractivity contribution is 6.35. The maximum Gasteiger partial charge on any atom is 0.249 e. The van der Waals surface area contributed by atoms with Gasteiger partial charge in [-0.15, -0.1) is 5.10 Å². The molecule has 0 aliphatic heterocycles. The van der Waals surface area contributed by atoms with Crippen molar-refractivity contribution < 1.29 is 0 Å². The van der Waals surface area contributed by atoms with Gasteiger partial charge in [0.15, 0.2) is 5.82 Å². The number of aryl methyl sites for hydroxylation is 1. The fourth-order valence-corrected chi connectivity index (χ4v) is 2.65. The maximum absolute atomic E-state index is 6.13. The van der Waals surface area contributed by atoms with Crippen molar-refractivity contribution in [2.24, 2.45) is 0 Å². The molecule has 5 nitrogen and oxygen atoms in total. The second kappa shape index (κ2) is 8.65. The van der Waals surface area contributed by atoms with Crippen LogP contribution in [-0.2, 0) is 6.42 Å². The molecule has 0 amide bonds. The minimum atomic E-state index is 0.359. The Morgan fingerprint density at radius 1 is 1.00 bits per heavy atom. The van der Waals surface area contributed by atoms with Crippen LogP contribution in [0.3, 0.4) is 0 Å². The summed E-state index contributed by atoms with van der Waals surface area (Å²) in [5.74, 6) is 1.01. The van der Waals surface area contributed by atoms with E-state index in [0.717, 1.165) is 19.4 Å². The van der Waals surface area contributed by atoms with Gasteiger partial charge in [0.25, 0.3) is 0 Å². The minimum absolute atomic E-state index is 0.359. The molecule has 7 heteroatoms. The molecule has 3 aromatic rings. The first kappa shape index (κ1) is 17.5. The Morgan fingerprint density at radius 3 is 2.68 bits per heavy atom. The summed E-state index contributed by atoms with van der Waals surface area (Å²) in [6.45, 7) is 0.797. The van der Waals surface area contributed by atoms with Crippen molar-refractivity contribution >= 4 is 40.7 Å². The van der Waals surface area contributed by atoms with Crippen LogP contribution >= 0.6 is 23.2 Å². The predicted octanol–water partition coefficient (Wildman–Crippen LogP) is 4.97. The van der Waals surface area contributed by atoms with Gasteiger partial charge >= 0.3 is 0 Å². The van der Waals surface area contributed by atoms with Gasteiger partial charge in [-0.25, -0.2) is 0 Å². The summed E-state index contributed by atoms with van der Waals surface area (Å²) in [4.78, 5) is 4.39. The Balaban J connectivity index is 1.55. The normalized spacial score (nSPS) is 10.5. The van der Waals surface area contributed by atoms with Crippen LogP contribution in [0.4, 0.5) is 17.5 Å². The molecule has 0 aliphatic rings. The first-order valence-corrected chi connectivity index (χ1v) is 8.66. The van der Waals surface area contributed by atoms with Gasteiger partial charge in [0.05, 0.1) is 16.9 Å². The first-order chi connectivity index (χ1) is 12.2. The first-order valence-electron chi connectivity index (χ1n) is 7.90. The van der Waals surface area contributed by atoms with Gasteiger partial charge < -0.3 is 10.6 Å². The molecule has 3 rings (SSSR count). The van der Waals surface area contributed by atoms with Crippen molar-refractivity contribution in [1.29, 1.82) is 0 Å². The topological polar surface area (TPSA) is 62.7 Å². The summed E-state index contributed by atoms with van der Waals surface area (Å²) in [5, 5.41) is 15.3. The summed E-state index contributed by atoms with van der Waals surface area (Å²) in [6.07, 6.45) is 3.60. The average Bonchev–Trinajstić information content (AvgIpc) is 2.63. The summed E-state index contributed by atoms with van der Waals surface area (Å²) in [6, 6.07) is 15.5. The van der Waals surface area contributed by atoms with Crippen molar-refractivity contribution in [1.82, 2.24) is 15.2 Å². The van der Waals surface area contributed by atoms with Gasteiger partial charge in [-0.2, -0.15) is 10.1 Å². The molecule has 0 unspecified atom stereocenters. The number of anilines is 3. The third-order valence-corrected chi connectivity index (χ3v) is 4.09. The molecule has 2 N–H and O–H groups in total. The molecule has 0 spiro atoms. The third kappa shape index (κ3) is 5.31. The lowest BCUT2D eigenvalue weighted by Gasteiger charge is -2.09. The minimum Gasteiger partial charge on any atom is -0.369 e. The van der Waals surface area contributed by atoms with E-state index >= 15 is 0 Å². The lowest BCUT2D eigenvalue weighted by Crippen LogP contribution is -2.07. The maximum atomic E-state index is 6.13. The smallest absolute Gasteiger partial charge is 0.249 e. The largest absolute Gasteiger partial charge is 0.369 e. The van der Waals surface area contributed by atoms with Gasteiger partial charge in [0.1, 0.15) is 0 Å². The summed E-state index contributed by atoms with van der Waals surface area (Å²) in [5.41, 5.74) is 1.96. The highest BCUT2D eigenvalue weighted by atomic mass is 35.5. The highest BCUT2D eigenvalue weighted by Gasteiger charge is 2.05. The molecular formula is C18H17Cl2N5. The molecule has 128 valence electrons. The van der Waals surface area contributed by atoms with E-state index in [1.165, 1.54) is 5.56 Å². The third-order valence-electron chi connectivity index (χ3n) is 3.52. The van der Waals surface area contributed by atoms with Gasteiger partial charge in [0, 0.05) is 11.6 Å².